The maximum Gasteiger partial charge on any atom is 0.245 e. The maximum atomic E-state index is 12.4. The number of alkyl halides is 2. The first kappa shape index (κ1) is 10.8. The van der Waals surface area contributed by atoms with Gasteiger partial charge >= 0.3 is 0 Å². The molecule has 1 N–H and O–H groups in total. The predicted molar refractivity (Wildman–Crippen MR) is 40.7 cm³/mol. The van der Waals surface area contributed by atoms with Gasteiger partial charge in [-0.15, -0.1) is 0 Å². The van der Waals surface area contributed by atoms with Crippen molar-refractivity contribution in [1.82, 2.24) is 0 Å². The van der Waals surface area contributed by atoms with Gasteiger partial charge in [0.25, 0.3) is 0 Å². The summed E-state index contributed by atoms with van der Waals surface area (Å²) in [5.41, 5.74) is 0. The van der Waals surface area contributed by atoms with Crippen LogP contribution in [0.5, 0.6) is 0 Å². The standard InChI is InChI=1S/C8H16F2O/c1-4-7(11)6(2)5-8(3,9)10/h6-7,11H,4-5H2,1-3H3/t6-,7-/m0/s1. The Balaban J connectivity index is 3.77. The molecule has 0 spiro atoms. The van der Waals surface area contributed by atoms with Gasteiger partial charge in [-0.25, -0.2) is 8.78 Å². The Hall–Kier alpha value is -0.180. The van der Waals surface area contributed by atoms with E-state index < -0.39 is 12.0 Å². The molecule has 0 aromatic carbocycles. The second-order valence-corrected chi connectivity index (χ2v) is 3.23. The van der Waals surface area contributed by atoms with E-state index in [4.69, 9.17) is 5.11 Å². The third-order valence-electron chi connectivity index (χ3n) is 1.76. The summed E-state index contributed by atoms with van der Waals surface area (Å²) in [4.78, 5) is 0. The molecular weight excluding hydrogens is 150 g/mol. The lowest BCUT2D eigenvalue weighted by Gasteiger charge is -2.20. The van der Waals surface area contributed by atoms with E-state index in [1.54, 1.807) is 13.8 Å². The number of rotatable bonds is 4. The van der Waals surface area contributed by atoms with Crippen molar-refractivity contribution in [1.29, 1.82) is 0 Å². The van der Waals surface area contributed by atoms with E-state index in [0.717, 1.165) is 6.92 Å². The Morgan fingerprint density at radius 2 is 1.91 bits per heavy atom. The minimum Gasteiger partial charge on any atom is -0.393 e. The molecule has 0 aromatic heterocycles. The Labute approximate surface area is 66.4 Å². The van der Waals surface area contributed by atoms with Crippen LogP contribution in [0.15, 0.2) is 0 Å². The van der Waals surface area contributed by atoms with E-state index in [1.165, 1.54) is 0 Å². The van der Waals surface area contributed by atoms with Crippen molar-refractivity contribution < 1.29 is 13.9 Å². The molecule has 11 heavy (non-hydrogen) atoms. The van der Waals surface area contributed by atoms with Crippen LogP contribution < -0.4 is 0 Å². The molecule has 0 aliphatic carbocycles. The predicted octanol–water partition coefficient (Wildman–Crippen LogP) is 2.44. The summed E-state index contributed by atoms with van der Waals surface area (Å²) < 4.78 is 24.7. The van der Waals surface area contributed by atoms with Crippen molar-refractivity contribution in [2.75, 3.05) is 0 Å². The first-order valence-electron chi connectivity index (χ1n) is 3.92. The fourth-order valence-corrected chi connectivity index (χ4v) is 1.10. The summed E-state index contributed by atoms with van der Waals surface area (Å²) in [6, 6.07) is 0. The summed E-state index contributed by atoms with van der Waals surface area (Å²) in [7, 11) is 0. The first-order chi connectivity index (χ1) is 4.87. The third-order valence-corrected chi connectivity index (χ3v) is 1.76. The van der Waals surface area contributed by atoms with Gasteiger partial charge in [-0.05, 0) is 19.3 Å². The van der Waals surface area contributed by atoms with E-state index in [2.05, 4.69) is 0 Å². The lowest BCUT2D eigenvalue weighted by atomic mass is 9.96. The van der Waals surface area contributed by atoms with Gasteiger partial charge in [-0.3, -0.25) is 0 Å². The Morgan fingerprint density at radius 3 is 2.18 bits per heavy atom. The minimum atomic E-state index is -2.66. The minimum absolute atomic E-state index is 0.234. The van der Waals surface area contributed by atoms with Gasteiger partial charge in [0.05, 0.1) is 6.10 Å². The molecule has 0 aromatic rings. The summed E-state index contributed by atoms with van der Waals surface area (Å²) in [5.74, 6) is -2.98. The average molecular weight is 166 g/mol. The topological polar surface area (TPSA) is 20.2 Å². The van der Waals surface area contributed by atoms with Gasteiger partial charge in [-0.2, -0.15) is 0 Å². The normalized spacial score (nSPS) is 18.0. The Morgan fingerprint density at radius 1 is 1.45 bits per heavy atom. The van der Waals surface area contributed by atoms with Crippen LogP contribution in [0.4, 0.5) is 8.78 Å². The zero-order valence-electron chi connectivity index (χ0n) is 7.27. The van der Waals surface area contributed by atoms with E-state index in [9.17, 15) is 8.78 Å². The number of aliphatic hydroxyl groups is 1. The van der Waals surface area contributed by atoms with Crippen LogP contribution in [0.1, 0.15) is 33.6 Å². The second-order valence-electron chi connectivity index (χ2n) is 3.23. The molecule has 0 bridgehead atoms. The van der Waals surface area contributed by atoms with Crippen LogP contribution in [-0.4, -0.2) is 17.1 Å². The van der Waals surface area contributed by atoms with Gasteiger partial charge in [0.2, 0.25) is 5.92 Å². The first-order valence-corrected chi connectivity index (χ1v) is 3.92. The van der Waals surface area contributed by atoms with Gasteiger partial charge < -0.3 is 5.11 Å². The molecular formula is C8H16F2O. The van der Waals surface area contributed by atoms with E-state index in [0.29, 0.717) is 6.42 Å². The molecule has 2 atom stereocenters. The monoisotopic (exact) mass is 166 g/mol. The second kappa shape index (κ2) is 4.00. The summed E-state index contributed by atoms with van der Waals surface area (Å²) in [6.07, 6.45) is -0.292. The van der Waals surface area contributed by atoms with Gasteiger partial charge in [0.15, 0.2) is 0 Å². The van der Waals surface area contributed by atoms with Crippen LogP contribution in [0.3, 0.4) is 0 Å². The molecule has 0 unspecified atom stereocenters. The number of aliphatic hydroxyl groups excluding tert-OH is 1. The van der Waals surface area contributed by atoms with Crippen molar-refractivity contribution in [2.24, 2.45) is 5.92 Å². The summed E-state index contributed by atoms with van der Waals surface area (Å²) in [5, 5.41) is 9.16. The average Bonchev–Trinajstić information content (AvgIpc) is 1.82. The Bertz CT molecular complexity index is 109. The van der Waals surface area contributed by atoms with Gasteiger partial charge in [0.1, 0.15) is 0 Å². The van der Waals surface area contributed by atoms with Crippen molar-refractivity contribution in [3.8, 4) is 0 Å². The highest BCUT2D eigenvalue weighted by atomic mass is 19.3. The van der Waals surface area contributed by atoms with Crippen LogP contribution in [0, 0.1) is 5.92 Å². The zero-order chi connectivity index (χ0) is 9.07. The molecule has 0 aliphatic heterocycles. The third kappa shape index (κ3) is 5.13. The van der Waals surface area contributed by atoms with Crippen molar-refractivity contribution in [3.05, 3.63) is 0 Å². The SMILES string of the molecule is CC[C@H](O)[C@@H](C)CC(C)(F)F. The Kier molecular flexibility index (Phi) is 3.93. The molecule has 0 fully saturated rings. The molecule has 3 heteroatoms. The maximum absolute atomic E-state index is 12.4. The summed E-state index contributed by atoms with van der Waals surface area (Å²) >= 11 is 0. The van der Waals surface area contributed by atoms with Crippen LogP contribution in [0.25, 0.3) is 0 Å². The van der Waals surface area contributed by atoms with Crippen LogP contribution in [0.2, 0.25) is 0 Å². The smallest absolute Gasteiger partial charge is 0.245 e. The molecule has 0 aliphatic rings. The molecule has 0 amide bonds. The lowest BCUT2D eigenvalue weighted by molar-refractivity contribution is -0.0249. The molecule has 0 radical (unpaired) electrons. The highest BCUT2D eigenvalue weighted by Gasteiger charge is 2.27. The molecule has 0 saturated heterocycles. The molecule has 0 saturated carbocycles. The summed E-state index contributed by atoms with van der Waals surface area (Å²) in [6.45, 7) is 4.31. The molecule has 1 nitrogen and oxygen atoms in total. The zero-order valence-corrected chi connectivity index (χ0v) is 7.27. The van der Waals surface area contributed by atoms with Gasteiger partial charge in [0, 0.05) is 6.42 Å². The van der Waals surface area contributed by atoms with E-state index >= 15 is 0 Å². The van der Waals surface area contributed by atoms with Crippen molar-refractivity contribution >= 4 is 0 Å². The van der Waals surface area contributed by atoms with Crippen molar-refractivity contribution in [2.45, 2.75) is 45.6 Å². The van der Waals surface area contributed by atoms with Crippen molar-refractivity contribution in [3.63, 3.8) is 0 Å². The highest BCUT2D eigenvalue weighted by Crippen LogP contribution is 2.24. The van der Waals surface area contributed by atoms with E-state index in [-0.39, 0.29) is 12.3 Å². The van der Waals surface area contributed by atoms with E-state index in [1.807, 2.05) is 0 Å². The molecule has 0 heterocycles. The quantitative estimate of drug-likeness (QED) is 0.680. The fraction of sp³-hybridized carbons (Fsp3) is 1.00. The fourth-order valence-electron chi connectivity index (χ4n) is 1.10. The highest BCUT2D eigenvalue weighted by molar-refractivity contribution is 4.69. The van der Waals surface area contributed by atoms with Crippen LogP contribution >= 0.6 is 0 Å². The van der Waals surface area contributed by atoms with Crippen LogP contribution in [-0.2, 0) is 0 Å². The number of halogens is 2. The molecule has 68 valence electrons. The van der Waals surface area contributed by atoms with Gasteiger partial charge in [-0.1, -0.05) is 13.8 Å². The molecule has 0 rings (SSSR count). The largest absolute Gasteiger partial charge is 0.393 e. The lowest BCUT2D eigenvalue weighted by Crippen LogP contribution is -2.23. The number of hydrogen-bond donors (Lipinski definition) is 1. The number of hydrogen-bond acceptors (Lipinski definition) is 1.